The molecule has 3 aliphatic rings. The fraction of sp³-hybridized carbons (Fsp3) is 0.536. The molecule has 0 saturated carbocycles. The van der Waals surface area contributed by atoms with Crippen LogP contribution in [0.2, 0.25) is 0 Å². The number of rotatable bonds is 6. The van der Waals surface area contributed by atoms with E-state index in [1.807, 2.05) is 24.0 Å². The third kappa shape index (κ3) is 4.18. The lowest BCUT2D eigenvalue weighted by Gasteiger charge is -2.34. The molecule has 1 N–H and O–H groups in total. The third-order valence-corrected chi connectivity index (χ3v) is 8.17. The Morgan fingerprint density at radius 1 is 1.18 bits per heavy atom. The molecule has 6 heteroatoms. The topological polar surface area (TPSA) is 68.2 Å². The van der Waals surface area contributed by atoms with E-state index >= 15 is 0 Å². The number of methoxy groups -OCH3 is 1. The van der Waals surface area contributed by atoms with Gasteiger partial charge in [-0.2, -0.15) is 0 Å². The van der Waals surface area contributed by atoms with Crippen molar-refractivity contribution in [2.75, 3.05) is 33.4 Å². The molecule has 2 aliphatic heterocycles. The van der Waals surface area contributed by atoms with Crippen LogP contribution >= 0.6 is 0 Å². The number of aliphatic hydroxyl groups is 1. The van der Waals surface area contributed by atoms with E-state index in [4.69, 9.17) is 14.2 Å². The van der Waals surface area contributed by atoms with Crippen LogP contribution in [0.5, 0.6) is 11.5 Å². The molecule has 2 aromatic rings. The van der Waals surface area contributed by atoms with Gasteiger partial charge < -0.3 is 24.2 Å². The van der Waals surface area contributed by atoms with Gasteiger partial charge in [-0.1, -0.05) is 37.3 Å². The van der Waals surface area contributed by atoms with Crippen LogP contribution < -0.4 is 9.47 Å². The number of hydrogen-bond acceptors (Lipinski definition) is 5. The minimum absolute atomic E-state index is 0.00666. The summed E-state index contributed by atoms with van der Waals surface area (Å²) in [5, 5.41) is 10.8. The Morgan fingerprint density at radius 3 is 2.53 bits per heavy atom. The van der Waals surface area contributed by atoms with Gasteiger partial charge >= 0.3 is 0 Å². The summed E-state index contributed by atoms with van der Waals surface area (Å²) >= 11 is 0. The van der Waals surface area contributed by atoms with Crippen molar-refractivity contribution >= 4 is 5.91 Å². The maximum atomic E-state index is 13.2. The molecule has 1 amide bonds. The first-order chi connectivity index (χ1) is 16.4. The van der Waals surface area contributed by atoms with E-state index in [0.29, 0.717) is 32.1 Å². The van der Waals surface area contributed by atoms with Crippen molar-refractivity contribution in [2.45, 2.75) is 51.2 Å². The second-order valence-electron chi connectivity index (χ2n) is 10.3. The van der Waals surface area contributed by atoms with Gasteiger partial charge in [0, 0.05) is 43.9 Å². The van der Waals surface area contributed by atoms with Gasteiger partial charge in [0.2, 0.25) is 5.91 Å². The predicted octanol–water partition coefficient (Wildman–Crippen LogP) is 3.59. The van der Waals surface area contributed by atoms with Gasteiger partial charge in [-0.15, -0.1) is 0 Å². The number of carbonyl (C=O) groups is 1. The first-order valence-corrected chi connectivity index (χ1v) is 12.3. The Hall–Kier alpha value is -2.57. The lowest BCUT2D eigenvalue weighted by atomic mass is 9.72. The van der Waals surface area contributed by atoms with Crippen LogP contribution in [0.1, 0.15) is 42.9 Å². The Labute approximate surface area is 201 Å². The second-order valence-corrected chi connectivity index (χ2v) is 10.3. The number of benzene rings is 2. The zero-order valence-electron chi connectivity index (χ0n) is 20.3. The number of fused-ring (bicyclic) bond motifs is 1. The SMILES string of the molecule is COc1ccc(C2CN(C(=O)C3CCOC3)CC2(C)C(C)O)cc1OC1Cc2ccccc2C1. The highest BCUT2D eigenvalue weighted by molar-refractivity contribution is 5.80. The van der Waals surface area contributed by atoms with Crippen LogP contribution in [0, 0.1) is 11.3 Å². The summed E-state index contributed by atoms with van der Waals surface area (Å²) in [6.07, 6.45) is 2.03. The maximum absolute atomic E-state index is 13.2. The van der Waals surface area contributed by atoms with Gasteiger partial charge in [0.05, 0.1) is 25.7 Å². The number of nitrogens with zero attached hydrogens (tertiary/aromatic N) is 1. The summed E-state index contributed by atoms with van der Waals surface area (Å²) in [4.78, 5) is 15.1. The van der Waals surface area contributed by atoms with E-state index in [1.54, 1.807) is 7.11 Å². The van der Waals surface area contributed by atoms with E-state index in [0.717, 1.165) is 30.6 Å². The molecule has 2 saturated heterocycles. The molecule has 5 rings (SSSR count). The highest BCUT2D eigenvalue weighted by Crippen LogP contribution is 2.47. The van der Waals surface area contributed by atoms with Crippen LogP contribution in [0.4, 0.5) is 0 Å². The largest absolute Gasteiger partial charge is 0.493 e. The average molecular weight is 466 g/mol. The van der Waals surface area contributed by atoms with Crippen molar-refractivity contribution < 1.29 is 24.1 Å². The summed E-state index contributed by atoms with van der Waals surface area (Å²) in [6.45, 7) is 6.17. The molecule has 6 nitrogen and oxygen atoms in total. The van der Waals surface area contributed by atoms with Gasteiger partial charge in [0.15, 0.2) is 11.5 Å². The summed E-state index contributed by atoms with van der Waals surface area (Å²) < 4.78 is 17.6. The second kappa shape index (κ2) is 9.23. The molecule has 34 heavy (non-hydrogen) atoms. The molecule has 0 aromatic heterocycles. The first kappa shape index (κ1) is 23.2. The van der Waals surface area contributed by atoms with Crippen molar-refractivity contribution in [1.82, 2.24) is 4.90 Å². The predicted molar refractivity (Wildman–Crippen MR) is 129 cm³/mol. The van der Waals surface area contributed by atoms with Gasteiger partial charge in [-0.3, -0.25) is 4.79 Å². The van der Waals surface area contributed by atoms with Crippen molar-refractivity contribution in [3.05, 3.63) is 59.2 Å². The third-order valence-electron chi connectivity index (χ3n) is 8.17. The minimum atomic E-state index is -0.564. The normalized spacial score (nSPS) is 27.6. The van der Waals surface area contributed by atoms with Crippen LogP contribution in [-0.4, -0.2) is 61.5 Å². The molecule has 0 radical (unpaired) electrons. The quantitative estimate of drug-likeness (QED) is 0.706. The molecule has 4 atom stereocenters. The number of hydrogen-bond donors (Lipinski definition) is 1. The lowest BCUT2D eigenvalue weighted by molar-refractivity contribution is -0.135. The highest BCUT2D eigenvalue weighted by atomic mass is 16.5. The van der Waals surface area contributed by atoms with E-state index in [9.17, 15) is 9.90 Å². The summed E-state index contributed by atoms with van der Waals surface area (Å²) in [5.74, 6) is 1.48. The van der Waals surface area contributed by atoms with Crippen LogP contribution in [-0.2, 0) is 22.4 Å². The van der Waals surface area contributed by atoms with Crippen molar-refractivity contribution in [1.29, 1.82) is 0 Å². The van der Waals surface area contributed by atoms with E-state index < -0.39 is 11.5 Å². The van der Waals surface area contributed by atoms with Gasteiger partial charge in [0.1, 0.15) is 6.10 Å². The first-order valence-electron chi connectivity index (χ1n) is 12.3. The molecule has 0 spiro atoms. The fourth-order valence-corrected chi connectivity index (χ4v) is 5.86. The van der Waals surface area contributed by atoms with Gasteiger partial charge in [0.25, 0.3) is 0 Å². The Balaban J connectivity index is 1.40. The molecule has 2 fully saturated rings. The molecular formula is C28H35NO5. The zero-order chi connectivity index (χ0) is 23.9. The molecule has 0 bridgehead atoms. The number of amides is 1. The van der Waals surface area contributed by atoms with Crippen LogP contribution in [0.15, 0.2) is 42.5 Å². The smallest absolute Gasteiger partial charge is 0.228 e. The molecule has 2 aromatic carbocycles. The molecule has 1 aliphatic carbocycles. The number of aliphatic hydroxyl groups excluding tert-OH is 1. The molecular weight excluding hydrogens is 430 g/mol. The van der Waals surface area contributed by atoms with Gasteiger partial charge in [-0.05, 0) is 42.2 Å². The minimum Gasteiger partial charge on any atom is -0.493 e. The van der Waals surface area contributed by atoms with Crippen LogP contribution in [0.3, 0.4) is 0 Å². The number of carbonyl (C=O) groups excluding carboxylic acids is 1. The monoisotopic (exact) mass is 465 g/mol. The van der Waals surface area contributed by atoms with Crippen LogP contribution in [0.25, 0.3) is 0 Å². The highest BCUT2D eigenvalue weighted by Gasteiger charge is 2.49. The van der Waals surface area contributed by atoms with Gasteiger partial charge in [-0.25, -0.2) is 0 Å². The zero-order valence-corrected chi connectivity index (χ0v) is 20.3. The maximum Gasteiger partial charge on any atom is 0.228 e. The van der Waals surface area contributed by atoms with Crippen molar-refractivity contribution in [3.63, 3.8) is 0 Å². The standard InChI is InChI=1S/C28H35NO5/c1-18(30)28(2)17-29(27(31)22-10-11-33-16-22)15-24(28)21-8-9-25(32-3)26(14-21)34-23-12-19-6-4-5-7-20(19)13-23/h4-9,14,18,22-24,30H,10-13,15-17H2,1-3H3. The fourth-order valence-electron chi connectivity index (χ4n) is 5.86. The van der Waals surface area contributed by atoms with Crippen molar-refractivity contribution in [3.8, 4) is 11.5 Å². The molecule has 4 unspecified atom stereocenters. The van der Waals surface area contributed by atoms with Crippen molar-refractivity contribution in [2.24, 2.45) is 11.3 Å². The summed E-state index contributed by atoms with van der Waals surface area (Å²) in [6, 6.07) is 14.5. The summed E-state index contributed by atoms with van der Waals surface area (Å²) in [7, 11) is 1.66. The average Bonchev–Trinajstić information content (AvgIpc) is 3.57. The van der Waals surface area contributed by atoms with E-state index in [-0.39, 0.29) is 23.8 Å². The molecule has 2 heterocycles. The van der Waals surface area contributed by atoms with E-state index in [2.05, 4.69) is 37.3 Å². The lowest BCUT2D eigenvalue weighted by Crippen LogP contribution is -2.39. The Morgan fingerprint density at radius 2 is 1.91 bits per heavy atom. The number of likely N-dealkylation sites (tertiary alicyclic amines) is 1. The Bertz CT molecular complexity index is 1020. The molecule has 182 valence electrons. The Kier molecular flexibility index (Phi) is 6.30. The van der Waals surface area contributed by atoms with E-state index in [1.165, 1.54) is 11.1 Å². The summed E-state index contributed by atoms with van der Waals surface area (Å²) in [5.41, 5.74) is 3.29. The number of ether oxygens (including phenoxy) is 3.